The molecule has 0 spiro atoms. The monoisotopic (exact) mass is 287 g/mol. The number of hydrogen-bond acceptors (Lipinski definition) is 5. The number of hydrogen-bond donors (Lipinski definition) is 2. The molecule has 78 valence electrons. The van der Waals surface area contributed by atoms with Gasteiger partial charge < -0.3 is 5.32 Å². The number of rotatable bonds is 3. The van der Waals surface area contributed by atoms with E-state index in [9.17, 15) is 4.79 Å². The van der Waals surface area contributed by atoms with E-state index >= 15 is 0 Å². The van der Waals surface area contributed by atoms with Crippen LogP contribution in [-0.2, 0) is 6.54 Å². The molecule has 0 atom stereocenters. The second-order valence-electron chi connectivity index (χ2n) is 2.65. The van der Waals surface area contributed by atoms with Gasteiger partial charge in [-0.05, 0) is 22.0 Å². The van der Waals surface area contributed by atoms with E-state index < -0.39 is 0 Å². The van der Waals surface area contributed by atoms with E-state index in [1.165, 1.54) is 11.3 Å². The molecule has 0 radical (unpaired) electrons. The predicted octanol–water partition coefficient (Wildman–Crippen LogP) is 0.954. The van der Waals surface area contributed by atoms with Gasteiger partial charge in [0.15, 0.2) is 5.82 Å². The quantitative estimate of drug-likeness (QED) is 0.881. The SMILES string of the molecule is O=C(NCc1nn[nH]n1)c1csc(Br)c1. The molecule has 6 nitrogen and oxygen atoms in total. The molecule has 0 aliphatic carbocycles. The summed E-state index contributed by atoms with van der Waals surface area (Å²) in [5.74, 6) is 0.305. The van der Waals surface area contributed by atoms with Crippen LogP contribution in [0.5, 0.6) is 0 Å². The van der Waals surface area contributed by atoms with Crippen LogP contribution in [0.3, 0.4) is 0 Å². The lowest BCUT2D eigenvalue weighted by molar-refractivity contribution is 0.0950. The van der Waals surface area contributed by atoms with Crippen LogP contribution in [0.15, 0.2) is 15.2 Å². The lowest BCUT2D eigenvalue weighted by atomic mass is 10.3. The number of H-pyrrole nitrogens is 1. The molecule has 0 bridgehead atoms. The summed E-state index contributed by atoms with van der Waals surface area (Å²) in [5.41, 5.74) is 0.621. The third-order valence-corrected chi connectivity index (χ3v) is 3.13. The van der Waals surface area contributed by atoms with Crippen molar-refractivity contribution in [2.75, 3.05) is 0 Å². The van der Waals surface area contributed by atoms with Crippen LogP contribution in [0.4, 0.5) is 0 Å². The zero-order valence-corrected chi connectivity index (χ0v) is 9.80. The number of aromatic nitrogens is 4. The van der Waals surface area contributed by atoms with E-state index in [0.29, 0.717) is 11.4 Å². The molecule has 0 aliphatic rings. The predicted molar refractivity (Wildman–Crippen MR) is 57.4 cm³/mol. The number of nitrogens with one attached hydrogen (secondary N) is 2. The number of amides is 1. The van der Waals surface area contributed by atoms with Crippen molar-refractivity contribution in [1.82, 2.24) is 25.9 Å². The van der Waals surface area contributed by atoms with Crippen molar-refractivity contribution in [2.24, 2.45) is 0 Å². The fraction of sp³-hybridized carbons (Fsp3) is 0.143. The third kappa shape index (κ3) is 2.60. The zero-order chi connectivity index (χ0) is 10.7. The number of thiophene rings is 1. The summed E-state index contributed by atoms with van der Waals surface area (Å²) in [5, 5.41) is 17.6. The Hall–Kier alpha value is -1.28. The minimum Gasteiger partial charge on any atom is -0.345 e. The minimum absolute atomic E-state index is 0.151. The summed E-state index contributed by atoms with van der Waals surface area (Å²) < 4.78 is 0.923. The largest absolute Gasteiger partial charge is 0.345 e. The molecule has 0 unspecified atom stereocenters. The van der Waals surface area contributed by atoms with Crippen molar-refractivity contribution in [3.63, 3.8) is 0 Å². The Morgan fingerprint density at radius 1 is 1.67 bits per heavy atom. The maximum absolute atomic E-state index is 11.5. The van der Waals surface area contributed by atoms with Crippen LogP contribution in [0.25, 0.3) is 0 Å². The van der Waals surface area contributed by atoms with Gasteiger partial charge in [-0.15, -0.1) is 21.5 Å². The molecule has 2 aromatic heterocycles. The van der Waals surface area contributed by atoms with E-state index in [4.69, 9.17) is 0 Å². The van der Waals surface area contributed by atoms with Crippen molar-refractivity contribution < 1.29 is 4.79 Å². The van der Waals surface area contributed by atoms with Crippen LogP contribution >= 0.6 is 27.3 Å². The number of carbonyl (C=O) groups excluding carboxylic acids is 1. The Morgan fingerprint density at radius 3 is 3.13 bits per heavy atom. The van der Waals surface area contributed by atoms with Gasteiger partial charge >= 0.3 is 0 Å². The number of nitrogens with zero attached hydrogens (tertiary/aromatic N) is 3. The maximum Gasteiger partial charge on any atom is 0.252 e. The first-order valence-electron chi connectivity index (χ1n) is 4.00. The van der Waals surface area contributed by atoms with Gasteiger partial charge in [-0.25, -0.2) is 0 Å². The summed E-state index contributed by atoms with van der Waals surface area (Å²) in [6.45, 7) is 0.267. The zero-order valence-electron chi connectivity index (χ0n) is 7.40. The fourth-order valence-corrected chi connectivity index (χ4v) is 2.08. The molecule has 2 N–H and O–H groups in total. The Bertz CT molecular complexity index is 454. The molecule has 15 heavy (non-hydrogen) atoms. The summed E-state index contributed by atoms with van der Waals surface area (Å²) in [7, 11) is 0. The average molecular weight is 288 g/mol. The van der Waals surface area contributed by atoms with Gasteiger partial charge in [0.2, 0.25) is 0 Å². The van der Waals surface area contributed by atoms with Crippen LogP contribution < -0.4 is 5.32 Å². The Kier molecular flexibility index (Phi) is 3.07. The average Bonchev–Trinajstić information content (AvgIpc) is 2.84. The van der Waals surface area contributed by atoms with Crippen LogP contribution in [-0.4, -0.2) is 26.5 Å². The lowest BCUT2D eigenvalue weighted by Crippen LogP contribution is -2.22. The van der Waals surface area contributed by atoms with Crippen LogP contribution in [0.2, 0.25) is 0 Å². The number of carbonyl (C=O) groups is 1. The molecule has 0 aromatic carbocycles. The van der Waals surface area contributed by atoms with Crippen LogP contribution in [0, 0.1) is 0 Å². The normalized spacial score (nSPS) is 10.2. The van der Waals surface area contributed by atoms with E-state index in [1.807, 2.05) is 0 Å². The van der Waals surface area contributed by atoms with Crippen molar-refractivity contribution in [2.45, 2.75) is 6.54 Å². The smallest absolute Gasteiger partial charge is 0.252 e. The maximum atomic E-state index is 11.5. The molecule has 8 heteroatoms. The first-order valence-corrected chi connectivity index (χ1v) is 5.67. The van der Waals surface area contributed by atoms with Gasteiger partial charge in [0.05, 0.1) is 15.9 Å². The Balaban J connectivity index is 1.93. The molecule has 0 aliphatic heterocycles. The van der Waals surface area contributed by atoms with Gasteiger partial charge in [-0.3, -0.25) is 4.79 Å². The summed E-state index contributed by atoms with van der Waals surface area (Å²) in [6, 6.07) is 1.76. The van der Waals surface area contributed by atoms with Crippen molar-refractivity contribution in [3.8, 4) is 0 Å². The van der Waals surface area contributed by atoms with Crippen LogP contribution in [0.1, 0.15) is 16.2 Å². The standard InChI is InChI=1S/C7H6BrN5OS/c8-5-1-4(3-15-5)7(14)9-2-6-10-12-13-11-6/h1,3H,2H2,(H,9,14)(H,10,11,12,13). The van der Waals surface area contributed by atoms with Gasteiger partial charge in [0, 0.05) is 5.38 Å². The van der Waals surface area contributed by atoms with Gasteiger partial charge in [-0.2, -0.15) is 5.21 Å². The van der Waals surface area contributed by atoms with Crippen molar-refractivity contribution in [1.29, 1.82) is 0 Å². The Labute approximate surface area is 97.2 Å². The fourth-order valence-electron chi connectivity index (χ4n) is 0.948. The van der Waals surface area contributed by atoms with Crippen molar-refractivity contribution >= 4 is 33.2 Å². The molecule has 2 aromatic rings. The molecule has 0 fully saturated rings. The van der Waals surface area contributed by atoms with Gasteiger partial charge in [-0.1, -0.05) is 5.21 Å². The number of aromatic amines is 1. The molecule has 0 saturated carbocycles. The number of tetrazole rings is 1. The highest BCUT2D eigenvalue weighted by Gasteiger charge is 2.08. The second kappa shape index (κ2) is 4.49. The highest BCUT2D eigenvalue weighted by atomic mass is 79.9. The molecule has 2 heterocycles. The van der Waals surface area contributed by atoms with Crippen molar-refractivity contribution in [3.05, 3.63) is 26.6 Å². The Morgan fingerprint density at radius 2 is 2.53 bits per heavy atom. The highest BCUT2D eigenvalue weighted by molar-refractivity contribution is 9.11. The third-order valence-electron chi connectivity index (χ3n) is 1.63. The van der Waals surface area contributed by atoms with E-state index in [-0.39, 0.29) is 12.5 Å². The molecule has 0 saturated heterocycles. The van der Waals surface area contributed by atoms with E-state index in [0.717, 1.165) is 3.79 Å². The van der Waals surface area contributed by atoms with E-state index in [2.05, 4.69) is 41.9 Å². The van der Waals surface area contributed by atoms with Gasteiger partial charge in [0.1, 0.15) is 0 Å². The minimum atomic E-state index is -0.151. The first kappa shape index (κ1) is 10.2. The molecular formula is C7H6BrN5OS. The summed E-state index contributed by atoms with van der Waals surface area (Å²) in [6.07, 6.45) is 0. The van der Waals surface area contributed by atoms with E-state index in [1.54, 1.807) is 11.4 Å². The topological polar surface area (TPSA) is 83.6 Å². The molecular weight excluding hydrogens is 282 g/mol. The molecule has 1 amide bonds. The molecule has 2 rings (SSSR count). The number of halogens is 1. The lowest BCUT2D eigenvalue weighted by Gasteiger charge is -1.98. The summed E-state index contributed by atoms with van der Waals surface area (Å²) >= 11 is 4.75. The second-order valence-corrected chi connectivity index (χ2v) is 4.94. The van der Waals surface area contributed by atoms with Gasteiger partial charge in [0.25, 0.3) is 5.91 Å². The summed E-state index contributed by atoms with van der Waals surface area (Å²) in [4.78, 5) is 11.5. The highest BCUT2D eigenvalue weighted by Crippen LogP contribution is 2.20. The first-order chi connectivity index (χ1) is 7.25.